The van der Waals surface area contributed by atoms with Crippen molar-refractivity contribution >= 4 is 5.91 Å². The Hall–Kier alpha value is -3.05. The van der Waals surface area contributed by atoms with Crippen LogP contribution in [0.1, 0.15) is 42.6 Å². The van der Waals surface area contributed by atoms with E-state index in [0.29, 0.717) is 5.56 Å². The topological polar surface area (TPSA) is 45.7 Å². The molecular weight excluding hydrogens is 370 g/mol. The number of carbonyl (C=O) groups excluding carboxylic acids is 1. The van der Waals surface area contributed by atoms with E-state index < -0.39 is 17.7 Å². The SMILES string of the molecule is C[C@@H]([NH2+][C@H](C)c1ccc(F)cc1F)C(=O)NC(c1ccccc1)c1ccccc1. The molecule has 5 heteroatoms. The summed E-state index contributed by atoms with van der Waals surface area (Å²) in [6, 6.07) is 22.0. The number of nitrogens with two attached hydrogens (primary N) is 1. The number of nitrogens with one attached hydrogen (secondary N) is 1. The van der Waals surface area contributed by atoms with Crippen LogP contribution in [-0.2, 0) is 4.79 Å². The molecule has 0 saturated heterocycles. The van der Waals surface area contributed by atoms with Gasteiger partial charge in [-0.2, -0.15) is 0 Å². The van der Waals surface area contributed by atoms with Crippen molar-refractivity contribution in [3.05, 3.63) is 107 Å². The zero-order valence-corrected chi connectivity index (χ0v) is 16.5. The largest absolute Gasteiger partial charge is 0.340 e. The lowest BCUT2D eigenvalue weighted by atomic mass is 9.98. The molecule has 3 aromatic carbocycles. The molecule has 0 saturated carbocycles. The van der Waals surface area contributed by atoms with E-state index in [2.05, 4.69) is 5.32 Å². The van der Waals surface area contributed by atoms with E-state index in [1.807, 2.05) is 60.7 Å². The van der Waals surface area contributed by atoms with Crippen LogP contribution in [0.15, 0.2) is 78.9 Å². The van der Waals surface area contributed by atoms with Crippen LogP contribution in [0, 0.1) is 11.6 Å². The van der Waals surface area contributed by atoms with Gasteiger partial charge in [0.05, 0.1) is 6.04 Å². The van der Waals surface area contributed by atoms with E-state index in [0.717, 1.165) is 17.2 Å². The Bertz CT molecular complexity index is 908. The fourth-order valence-corrected chi connectivity index (χ4v) is 3.42. The second-order valence-corrected chi connectivity index (χ2v) is 7.20. The molecule has 1 amide bonds. The van der Waals surface area contributed by atoms with Gasteiger partial charge in [0.1, 0.15) is 17.7 Å². The average Bonchev–Trinajstić information content (AvgIpc) is 2.73. The highest BCUT2D eigenvalue weighted by Gasteiger charge is 2.25. The van der Waals surface area contributed by atoms with Crippen molar-refractivity contribution in [2.24, 2.45) is 0 Å². The number of rotatable bonds is 7. The maximum absolute atomic E-state index is 14.0. The molecule has 0 fully saturated rings. The molecule has 0 aliphatic heterocycles. The third kappa shape index (κ3) is 5.27. The molecule has 0 aliphatic carbocycles. The molecule has 3 rings (SSSR count). The molecule has 0 heterocycles. The van der Waals surface area contributed by atoms with Crippen molar-refractivity contribution < 1.29 is 18.9 Å². The maximum Gasteiger partial charge on any atom is 0.278 e. The van der Waals surface area contributed by atoms with Gasteiger partial charge in [-0.05, 0) is 37.1 Å². The van der Waals surface area contributed by atoms with E-state index in [1.165, 1.54) is 12.1 Å². The second kappa shape index (κ2) is 9.43. The molecular formula is C24H25F2N2O+. The number of hydrogen-bond donors (Lipinski definition) is 2. The minimum atomic E-state index is -0.613. The lowest BCUT2D eigenvalue weighted by molar-refractivity contribution is -0.710. The Morgan fingerprint density at radius 2 is 1.41 bits per heavy atom. The Balaban J connectivity index is 1.73. The van der Waals surface area contributed by atoms with Crippen LogP contribution in [0.4, 0.5) is 8.78 Å². The summed E-state index contributed by atoms with van der Waals surface area (Å²) in [6.07, 6.45) is 0. The summed E-state index contributed by atoms with van der Waals surface area (Å²) in [6.45, 7) is 3.58. The Labute approximate surface area is 169 Å². The lowest BCUT2D eigenvalue weighted by Gasteiger charge is -2.23. The predicted octanol–water partition coefficient (Wildman–Crippen LogP) is 3.88. The fraction of sp³-hybridized carbons (Fsp3) is 0.208. The molecule has 29 heavy (non-hydrogen) atoms. The number of quaternary nitrogens is 1. The molecule has 3 nitrogen and oxygen atoms in total. The molecule has 2 atom stereocenters. The summed E-state index contributed by atoms with van der Waals surface area (Å²) in [4.78, 5) is 12.9. The van der Waals surface area contributed by atoms with E-state index in [-0.39, 0.29) is 18.0 Å². The van der Waals surface area contributed by atoms with Crippen molar-refractivity contribution in [1.82, 2.24) is 5.32 Å². The molecule has 0 spiro atoms. The van der Waals surface area contributed by atoms with Gasteiger partial charge in [0.25, 0.3) is 5.91 Å². The normalized spacial score (nSPS) is 13.1. The molecule has 0 bridgehead atoms. The molecule has 3 aromatic rings. The van der Waals surface area contributed by atoms with Gasteiger partial charge in [0.15, 0.2) is 6.04 Å². The highest BCUT2D eigenvalue weighted by molar-refractivity contribution is 5.80. The predicted molar refractivity (Wildman–Crippen MR) is 109 cm³/mol. The Kier molecular flexibility index (Phi) is 6.73. The first-order chi connectivity index (χ1) is 14.0. The van der Waals surface area contributed by atoms with Crippen LogP contribution in [0.3, 0.4) is 0 Å². The van der Waals surface area contributed by atoms with Crippen molar-refractivity contribution in [3.8, 4) is 0 Å². The summed E-state index contributed by atoms with van der Waals surface area (Å²) in [7, 11) is 0. The van der Waals surface area contributed by atoms with E-state index in [1.54, 1.807) is 19.2 Å². The van der Waals surface area contributed by atoms with Gasteiger partial charge in [-0.15, -0.1) is 0 Å². The van der Waals surface area contributed by atoms with Crippen molar-refractivity contribution in [3.63, 3.8) is 0 Å². The Morgan fingerprint density at radius 1 is 0.862 bits per heavy atom. The summed E-state index contributed by atoms with van der Waals surface area (Å²) in [5, 5.41) is 4.88. The minimum Gasteiger partial charge on any atom is -0.340 e. The lowest BCUT2D eigenvalue weighted by Crippen LogP contribution is -2.92. The van der Waals surface area contributed by atoms with Crippen LogP contribution in [0.2, 0.25) is 0 Å². The van der Waals surface area contributed by atoms with Gasteiger partial charge in [-0.25, -0.2) is 8.78 Å². The highest BCUT2D eigenvalue weighted by atomic mass is 19.1. The summed E-state index contributed by atoms with van der Waals surface area (Å²) in [5.41, 5.74) is 2.34. The third-order valence-corrected chi connectivity index (χ3v) is 5.00. The van der Waals surface area contributed by atoms with Gasteiger partial charge in [-0.3, -0.25) is 4.79 Å². The molecule has 0 unspecified atom stereocenters. The molecule has 0 aliphatic rings. The molecule has 0 radical (unpaired) electrons. The molecule has 0 aromatic heterocycles. The molecule has 150 valence electrons. The van der Waals surface area contributed by atoms with E-state index in [4.69, 9.17) is 0 Å². The zero-order valence-electron chi connectivity index (χ0n) is 16.5. The first-order valence-corrected chi connectivity index (χ1v) is 9.66. The van der Waals surface area contributed by atoms with Crippen LogP contribution in [0.25, 0.3) is 0 Å². The summed E-state index contributed by atoms with van der Waals surface area (Å²) >= 11 is 0. The summed E-state index contributed by atoms with van der Waals surface area (Å²) < 4.78 is 27.2. The third-order valence-electron chi connectivity index (χ3n) is 5.00. The fourth-order valence-electron chi connectivity index (χ4n) is 3.42. The minimum absolute atomic E-state index is 0.155. The Morgan fingerprint density at radius 3 is 1.93 bits per heavy atom. The second-order valence-electron chi connectivity index (χ2n) is 7.20. The van der Waals surface area contributed by atoms with Gasteiger partial charge in [-0.1, -0.05) is 60.7 Å². The zero-order chi connectivity index (χ0) is 20.8. The van der Waals surface area contributed by atoms with Crippen LogP contribution < -0.4 is 10.6 Å². The summed E-state index contributed by atoms with van der Waals surface area (Å²) in [5.74, 6) is -1.37. The van der Waals surface area contributed by atoms with E-state index in [9.17, 15) is 13.6 Å². The van der Waals surface area contributed by atoms with Gasteiger partial charge >= 0.3 is 0 Å². The monoisotopic (exact) mass is 395 g/mol. The smallest absolute Gasteiger partial charge is 0.278 e. The van der Waals surface area contributed by atoms with Crippen molar-refractivity contribution in [2.45, 2.75) is 32.0 Å². The average molecular weight is 395 g/mol. The number of amides is 1. The van der Waals surface area contributed by atoms with E-state index >= 15 is 0 Å². The first kappa shape index (κ1) is 20.7. The highest BCUT2D eigenvalue weighted by Crippen LogP contribution is 2.22. The van der Waals surface area contributed by atoms with Gasteiger partial charge < -0.3 is 10.6 Å². The van der Waals surface area contributed by atoms with Crippen molar-refractivity contribution in [2.75, 3.05) is 0 Å². The van der Waals surface area contributed by atoms with Gasteiger partial charge in [0.2, 0.25) is 0 Å². The number of carbonyl (C=O) groups is 1. The van der Waals surface area contributed by atoms with Gasteiger partial charge in [0, 0.05) is 11.6 Å². The number of hydrogen-bond acceptors (Lipinski definition) is 1. The van der Waals surface area contributed by atoms with Crippen LogP contribution in [-0.4, -0.2) is 11.9 Å². The van der Waals surface area contributed by atoms with Crippen LogP contribution in [0.5, 0.6) is 0 Å². The molecule has 3 N–H and O–H groups in total. The maximum atomic E-state index is 14.0. The standard InChI is InChI=1S/C24H24F2N2O/c1-16(21-14-13-20(25)15-22(21)26)27-17(2)24(29)28-23(18-9-5-3-6-10-18)19-11-7-4-8-12-19/h3-17,23,27H,1-2H3,(H,28,29)/p+1/t16-,17-/m1/s1. The number of halogens is 2. The quantitative estimate of drug-likeness (QED) is 0.627. The number of benzene rings is 3. The van der Waals surface area contributed by atoms with Crippen LogP contribution >= 0.6 is 0 Å². The van der Waals surface area contributed by atoms with Crippen molar-refractivity contribution in [1.29, 1.82) is 0 Å². The first-order valence-electron chi connectivity index (χ1n) is 9.66.